The van der Waals surface area contributed by atoms with Crippen LogP contribution in [0.3, 0.4) is 0 Å². The largest absolute Gasteiger partial charge is 0.377 e. The van der Waals surface area contributed by atoms with E-state index in [9.17, 15) is 4.39 Å². The minimum absolute atomic E-state index is 0.0149. The molecule has 0 saturated carbocycles. The molecule has 3 atom stereocenters. The molecule has 0 aliphatic carbocycles. The van der Waals surface area contributed by atoms with E-state index in [0.717, 1.165) is 19.4 Å². The molecule has 4 heteroatoms. The second-order valence-corrected chi connectivity index (χ2v) is 5.22. The van der Waals surface area contributed by atoms with Gasteiger partial charge in [0, 0.05) is 30.8 Å². The smallest absolute Gasteiger partial charge is 0.127 e. The van der Waals surface area contributed by atoms with Crippen LogP contribution in [-0.4, -0.2) is 37.2 Å². The van der Waals surface area contributed by atoms with E-state index in [1.165, 1.54) is 6.07 Å². The zero-order chi connectivity index (χ0) is 13.8. The topological polar surface area (TPSA) is 38.5 Å². The Labute approximate surface area is 114 Å². The number of nitrogens with two attached hydrogens (primary N) is 1. The van der Waals surface area contributed by atoms with Gasteiger partial charge in [-0.25, -0.2) is 4.39 Å². The lowest BCUT2D eigenvalue weighted by Crippen LogP contribution is -2.47. The Kier molecular flexibility index (Phi) is 4.91. The van der Waals surface area contributed by atoms with Crippen molar-refractivity contribution in [2.24, 2.45) is 5.73 Å². The van der Waals surface area contributed by atoms with E-state index in [1.807, 2.05) is 26.1 Å². The van der Waals surface area contributed by atoms with E-state index in [2.05, 4.69) is 4.90 Å². The fourth-order valence-corrected chi connectivity index (χ4v) is 2.81. The summed E-state index contributed by atoms with van der Waals surface area (Å²) in [5.41, 5.74) is 6.60. The van der Waals surface area contributed by atoms with Crippen LogP contribution in [0.15, 0.2) is 24.3 Å². The Morgan fingerprint density at radius 3 is 2.79 bits per heavy atom. The van der Waals surface area contributed by atoms with Gasteiger partial charge in [0.1, 0.15) is 5.82 Å². The lowest BCUT2D eigenvalue weighted by atomic mass is 10.0. The Hall–Kier alpha value is -0.970. The van der Waals surface area contributed by atoms with Crippen LogP contribution in [0.1, 0.15) is 31.4 Å². The van der Waals surface area contributed by atoms with Gasteiger partial charge in [-0.15, -0.1) is 0 Å². The molecule has 1 aliphatic heterocycles. The molecule has 1 aromatic carbocycles. The lowest BCUT2D eigenvalue weighted by molar-refractivity contribution is 0.0230. The summed E-state index contributed by atoms with van der Waals surface area (Å²) in [6, 6.07) is 7.04. The Morgan fingerprint density at radius 1 is 1.47 bits per heavy atom. The summed E-state index contributed by atoms with van der Waals surface area (Å²) in [5.74, 6) is -0.162. The van der Waals surface area contributed by atoms with Crippen molar-refractivity contribution in [1.29, 1.82) is 0 Å². The molecule has 3 nitrogen and oxygen atoms in total. The molecule has 3 unspecified atom stereocenters. The van der Waals surface area contributed by atoms with Crippen molar-refractivity contribution < 1.29 is 9.13 Å². The van der Waals surface area contributed by atoms with Crippen molar-refractivity contribution in [3.8, 4) is 0 Å². The van der Waals surface area contributed by atoms with Crippen LogP contribution in [0.25, 0.3) is 0 Å². The van der Waals surface area contributed by atoms with Gasteiger partial charge < -0.3 is 10.5 Å². The fourth-order valence-electron chi connectivity index (χ4n) is 2.81. The summed E-state index contributed by atoms with van der Waals surface area (Å²) in [7, 11) is 2.00. The number of halogens is 1. The van der Waals surface area contributed by atoms with Gasteiger partial charge in [0.05, 0.1) is 6.10 Å². The predicted molar refractivity (Wildman–Crippen MR) is 74.4 cm³/mol. The highest BCUT2D eigenvalue weighted by molar-refractivity contribution is 5.21. The molecule has 1 fully saturated rings. The maximum atomic E-state index is 13.9. The Morgan fingerprint density at radius 2 is 2.21 bits per heavy atom. The first kappa shape index (κ1) is 14.4. The van der Waals surface area contributed by atoms with E-state index in [4.69, 9.17) is 10.5 Å². The van der Waals surface area contributed by atoms with Gasteiger partial charge in [-0.1, -0.05) is 18.2 Å². The van der Waals surface area contributed by atoms with Crippen molar-refractivity contribution in [3.05, 3.63) is 35.6 Å². The molecule has 1 saturated heterocycles. The van der Waals surface area contributed by atoms with Crippen molar-refractivity contribution >= 4 is 0 Å². The van der Waals surface area contributed by atoms with Crippen LogP contribution < -0.4 is 5.73 Å². The highest BCUT2D eigenvalue weighted by Crippen LogP contribution is 2.27. The van der Waals surface area contributed by atoms with E-state index in [-0.39, 0.29) is 24.0 Å². The van der Waals surface area contributed by atoms with Crippen molar-refractivity contribution in [2.45, 2.75) is 38.0 Å². The summed E-state index contributed by atoms with van der Waals surface area (Å²) < 4.78 is 19.6. The molecule has 0 bridgehead atoms. The molecule has 0 amide bonds. The minimum Gasteiger partial charge on any atom is -0.377 e. The van der Waals surface area contributed by atoms with Crippen LogP contribution in [-0.2, 0) is 4.74 Å². The van der Waals surface area contributed by atoms with Crippen molar-refractivity contribution in [1.82, 2.24) is 4.90 Å². The normalized spacial score (nSPS) is 22.7. The maximum absolute atomic E-state index is 13.9. The average Bonchev–Trinajstić information content (AvgIpc) is 2.93. The van der Waals surface area contributed by atoms with Crippen LogP contribution in [0, 0.1) is 5.82 Å². The molecule has 0 radical (unpaired) electrons. The second-order valence-electron chi connectivity index (χ2n) is 5.22. The number of hydrogen-bond donors (Lipinski definition) is 1. The molecule has 2 rings (SSSR count). The Bertz CT molecular complexity index is 407. The van der Waals surface area contributed by atoms with Gasteiger partial charge in [-0.3, -0.25) is 4.90 Å². The van der Waals surface area contributed by atoms with Gasteiger partial charge in [0.2, 0.25) is 0 Å². The number of rotatable bonds is 5. The average molecular weight is 266 g/mol. The molecular weight excluding hydrogens is 243 g/mol. The zero-order valence-corrected chi connectivity index (χ0v) is 11.7. The molecule has 1 heterocycles. The van der Waals surface area contributed by atoms with Crippen molar-refractivity contribution in [3.63, 3.8) is 0 Å². The second kappa shape index (κ2) is 6.46. The molecular formula is C15H23FN2O. The summed E-state index contributed by atoms with van der Waals surface area (Å²) in [6.45, 7) is 3.35. The maximum Gasteiger partial charge on any atom is 0.127 e. The molecule has 1 aromatic rings. The Balaban J connectivity index is 2.12. The van der Waals surface area contributed by atoms with E-state index in [1.54, 1.807) is 6.07 Å². The highest BCUT2D eigenvalue weighted by Gasteiger charge is 2.31. The van der Waals surface area contributed by atoms with Gasteiger partial charge in [-0.2, -0.15) is 0 Å². The minimum atomic E-state index is -0.162. The van der Waals surface area contributed by atoms with Gasteiger partial charge in [0.25, 0.3) is 0 Å². The first-order valence-corrected chi connectivity index (χ1v) is 6.93. The third-order valence-electron chi connectivity index (χ3n) is 4.12. The van der Waals surface area contributed by atoms with Crippen LogP contribution in [0.2, 0.25) is 0 Å². The zero-order valence-electron chi connectivity index (χ0n) is 11.7. The summed E-state index contributed by atoms with van der Waals surface area (Å²) in [6.07, 6.45) is 2.29. The van der Waals surface area contributed by atoms with E-state index in [0.29, 0.717) is 12.1 Å². The molecule has 0 aromatic heterocycles. The van der Waals surface area contributed by atoms with Gasteiger partial charge in [0.15, 0.2) is 0 Å². The van der Waals surface area contributed by atoms with Crippen molar-refractivity contribution in [2.75, 3.05) is 20.2 Å². The predicted octanol–water partition coefficient (Wildman–Crippen LogP) is 2.32. The van der Waals surface area contributed by atoms with E-state index < -0.39 is 0 Å². The molecule has 19 heavy (non-hydrogen) atoms. The third-order valence-corrected chi connectivity index (χ3v) is 4.12. The number of nitrogens with zero attached hydrogens (tertiary/aromatic N) is 1. The van der Waals surface area contributed by atoms with Crippen LogP contribution in [0.4, 0.5) is 4.39 Å². The molecule has 2 N–H and O–H groups in total. The van der Waals surface area contributed by atoms with E-state index >= 15 is 0 Å². The highest BCUT2D eigenvalue weighted by atomic mass is 19.1. The SMILES string of the molecule is CC(c1ccccc1F)N(C)C(CN)C1CCCO1. The van der Waals surface area contributed by atoms with Crippen LogP contribution in [0.5, 0.6) is 0 Å². The number of benzene rings is 1. The van der Waals surface area contributed by atoms with Gasteiger partial charge in [-0.05, 0) is 32.9 Å². The van der Waals surface area contributed by atoms with Crippen LogP contribution >= 0.6 is 0 Å². The standard InChI is InChI=1S/C15H23FN2O/c1-11(12-6-3-4-7-13(12)16)18(2)14(10-17)15-8-5-9-19-15/h3-4,6-7,11,14-15H,5,8-10,17H2,1-2H3. The fraction of sp³-hybridized carbons (Fsp3) is 0.600. The number of hydrogen-bond acceptors (Lipinski definition) is 3. The molecule has 106 valence electrons. The molecule has 0 spiro atoms. The number of likely N-dealkylation sites (N-methyl/N-ethyl adjacent to an activating group) is 1. The summed E-state index contributed by atoms with van der Waals surface area (Å²) in [5, 5.41) is 0. The monoisotopic (exact) mass is 266 g/mol. The number of ether oxygens (including phenoxy) is 1. The third kappa shape index (κ3) is 3.14. The first-order valence-electron chi connectivity index (χ1n) is 6.93. The quantitative estimate of drug-likeness (QED) is 0.889. The summed E-state index contributed by atoms with van der Waals surface area (Å²) >= 11 is 0. The summed E-state index contributed by atoms with van der Waals surface area (Å²) in [4.78, 5) is 2.13. The molecule has 1 aliphatic rings. The van der Waals surface area contributed by atoms with Gasteiger partial charge >= 0.3 is 0 Å². The first-order chi connectivity index (χ1) is 9.15. The lowest BCUT2D eigenvalue weighted by Gasteiger charge is -2.35.